The first kappa shape index (κ1) is 24.7. The first-order valence-corrected chi connectivity index (χ1v) is 11.6. The van der Waals surface area contributed by atoms with Gasteiger partial charge in [0.15, 0.2) is 0 Å². The third-order valence-electron chi connectivity index (χ3n) is 5.47. The molecule has 0 atom stereocenters. The zero-order valence-electron chi connectivity index (χ0n) is 19.2. The Morgan fingerprint density at radius 3 is 2.39 bits per heavy atom. The summed E-state index contributed by atoms with van der Waals surface area (Å²) in [4.78, 5) is 12.8. The Bertz CT molecular complexity index is 1430. The van der Waals surface area contributed by atoms with E-state index in [1.807, 2.05) is 36.4 Å². The van der Waals surface area contributed by atoms with E-state index in [0.717, 1.165) is 11.1 Å². The molecule has 0 saturated carbocycles. The molecule has 4 aromatic carbocycles. The van der Waals surface area contributed by atoms with Crippen LogP contribution in [0.15, 0.2) is 103 Å². The van der Waals surface area contributed by atoms with Crippen LogP contribution in [0.2, 0.25) is 5.02 Å². The average Bonchev–Trinajstić information content (AvgIpc) is 2.90. The highest BCUT2D eigenvalue weighted by molar-refractivity contribution is 6.30. The highest BCUT2D eigenvalue weighted by Gasteiger charge is 2.13. The fourth-order valence-electron chi connectivity index (χ4n) is 3.59. The van der Waals surface area contributed by atoms with E-state index in [2.05, 4.69) is 5.32 Å². The number of nitrogens with zero attached hydrogens (tertiary/aromatic N) is 1. The van der Waals surface area contributed by atoms with Gasteiger partial charge in [-0.25, -0.2) is 4.39 Å². The molecule has 0 aromatic heterocycles. The smallest absolute Gasteiger partial charge is 0.266 e. The minimum Gasteiger partial charge on any atom is -0.489 e. The molecule has 4 nitrogen and oxygen atoms in total. The minimum absolute atomic E-state index is 0.101. The van der Waals surface area contributed by atoms with Crippen molar-refractivity contribution in [2.75, 3.05) is 5.32 Å². The highest BCUT2D eigenvalue weighted by Crippen LogP contribution is 2.24. The van der Waals surface area contributed by atoms with Gasteiger partial charge in [0.1, 0.15) is 29.8 Å². The van der Waals surface area contributed by atoms with Gasteiger partial charge >= 0.3 is 0 Å². The molecule has 0 fully saturated rings. The Balaban J connectivity index is 1.47. The number of carbonyl (C=O) groups is 1. The van der Waals surface area contributed by atoms with Crippen LogP contribution < -0.4 is 10.1 Å². The van der Waals surface area contributed by atoms with Gasteiger partial charge in [-0.2, -0.15) is 5.26 Å². The predicted molar refractivity (Wildman–Crippen MR) is 140 cm³/mol. The number of rotatable bonds is 8. The van der Waals surface area contributed by atoms with Gasteiger partial charge in [-0.05, 0) is 70.8 Å². The van der Waals surface area contributed by atoms with Crippen LogP contribution in [-0.2, 0) is 17.8 Å². The summed E-state index contributed by atoms with van der Waals surface area (Å²) in [5.74, 6) is -0.228. The fourth-order valence-corrected chi connectivity index (χ4v) is 3.77. The van der Waals surface area contributed by atoms with Crippen molar-refractivity contribution in [3.05, 3.63) is 136 Å². The maximum Gasteiger partial charge on any atom is 0.266 e. The standard InChI is InChI=1S/C30H22ClFN2O2/c31-26-11-10-22(16-23-8-4-5-9-29(23)32)24(18-26)17-25(19-33)30(35)34-27-12-14-28(15-13-27)36-20-21-6-2-1-3-7-21/h1-15,17-18H,16,20H2,(H,34,35)/b25-17+. The van der Waals surface area contributed by atoms with Gasteiger partial charge in [0.2, 0.25) is 0 Å². The first-order valence-electron chi connectivity index (χ1n) is 11.2. The van der Waals surface area contributed by atoms with Crippen LogP contribution >= 0.6 is 11.6 Å². The largest absolute Gasteiger partial charge is 0.489 e. The second kappa shape index (κ2) is 11.8. The minimum atomic E-state index is -0.563. The Kier molecular flexibility index (Phi) is 8.12. The molecule has 178 valence electrons. The van der Waals surface area contributed by atoms with Gasteiger partial charge in [-0.1, -0.05) is 66.2 Å². The van der Waals surface area contributed by atoms with Crippen molar-refractivity contribution >= 4 is 29.3 Å². The number of hydrogen-bond acceptors (Lipinski definition) is 3. The number of nitrogens with one attached hydrogen (secondary N) is 1. The lowest BCUT2D eigenvalue weighted by molar-refractivity contribution is -0.112. The maximum atomic E-state index is 14.2. The molecule has 0 aliphatic carbocycles. The van der Waals surface area contributed by atoms with Crippen LogP contribution in [0.3, 0.4) is 0 Å². The normalized spacial score (nSPS) is 11.0. The molecule has 1 amide bonds. The molecule has 0 saturated heterocycles. The van der Waals surface area contributed by atoms with E-state index in [-0.39, 0.29) is 11.4 Å². The zero-order valence-corrected chi connectivity index (χ0v) is 20.0. The van der Waals surface area contributed by atoms with Crippen LogP contribution in [0, 0.1) is 17.1 Å². The summed E-state index contributed by atoms with van der Waals surface area (Å²) in [6, 6.07) is 30.2. The topological polar surface area (TPSA) is 62.1 Å². The molecule has 36 heavy (non-hydrogen) atoms. The fraction of sp³-hybridized carbons (Fsp3) is 0.0667. The zero-order chi connectivity index (χ0) is 25.3. The van der Waals surface area contributed by atoms with E-state index in [0.29, 0.717) is 40.6 Å². The number of hydrogen-bond donors (Lipinski definition) is 1. The quantitative estimate of drug-likeness (QED) is 0.207. The number of carbonyl (C=O) groups excluding carboxylic acids is 1. The number of benzene rings is 4. The van der Waals surface area contributed by atoms with Crippen LogP contribution in [0.5, 0.6) is 5.75 Å². The molecular weight excluding hydrogens is 475 g/mol. The summed E-state index contributed by atoms with van der Waals surface area (Å²) in [6.07, 6.45) is 1.76. The van der Waals surface area contributed by atoms with E-state index in [1.54, 1.807) is 60.7 Å². The van der Waals surface area contributed by atoms with Crippen molar-refractivity contribution in [1.29, 1.82) is 5.26 Å². The van der Waals surface area contributed by atoms with E-state index < -0.39 is 5.91 Å². The van der Waals surface area contributed by atoms with Crippen molar-refractivity contribution in [2.45, 2.75) is 13.0 Å². The number of halogens is 2. The lowest BCUT2D eigenvalue weighted by Gasteiger charge is -2.10. The van der Waals surface area contributed by atoms with Gasteiger partial charge < -0.3 is 10.1 Å². The second-order valence-corrected chi connectivity index (χ2v) is 8.47. The summed E-state index contributed by atoms with van der Waals surface area (Å²) >= 11 is 6.17. The Morgan fingerprint density at radius 2 is 1.67 bits per heavy atom. The summed E-state index contributed by atoms with van der Waals surface area (Å²) < 4.78 is 19.9. The van der Waals surface area contributed by atoms with Crippen LogP contribution in [0.1, 0.15) is 22.3 Å². The molecule has 0 bridgehead atoms. The molecule has 0 spiro atoms. The highest BCUT2D eigenvalue weighted by atomic mass is 35.5. The van der Waals surface area contributed by atoms with Gasteiger partial charge in [-0.15, -0.1) is 0 Å². The Hall–Kier alpha value is -4.40. The van der Waals surface area contributed by atoms with Gasteiger partial charge in [0.05, 0.1) is 0 Å². The lowest BCUT2D eigenvalue weighted by Crippen LogP contribution is -2.13. The number of ether oxygens (including phenoxy) is 1. The number of nitriles is 1. The molecule has 0 aliphatic heterocycles. The maximum absolute atomic E-state index is 14.2. The van der Waals surface area contributed by atoms with Crippen molar-refractivity contribution in [3.8, 4) is 11.8 Å². The summed E-state index contributed by atoms with van der Waals surface area (Å²) in [6.45, 7) is 0.433. The molecule has 0 radical (unpaired) electrons. The average molecular weight is 497 g/mol. The molecule has 0 unspecified atom stereocenters. The second-order valence-electron chi connectivity index (χ2n) is 8.03. The van der Waals surface area contributed by atoms with Gasteiger partial charge in [0, 0.05) is 17.1 Å². The molecule has 6 heteroatoms. The Morgan fingerprint density at radius 1 is 0.944 bits per heavy atom. The molecule has 0 heterocycles. The Labute approximate surface area is 214 Å². The first-order chi connectivity index (χ1) is 17.5. The lowest BCUT2D eigenvalue weighted by atomic mass is 9.98. The predicted octanol–water partition coefficient (Wildman–Crippen LogP) is 7.19. The molecule has 4 rings (SSSR count). The van der Waals surface area contributed by atoms with Gasteiger partial charge in [0.25, 0.3) is 5.91 Å². The molecule has 0 aliphatic rings. The van der Waals surface area contributed by atoms with Crippen molar-refractivity contribution in [2.24, 2.45) is 0 Å². The van der Waals surface area contributed by atoms with Crippen molar-refractivity contribution in [1.82, 2.24) is 0 Å². The summed E-state index contributed by atoms with van der Waals surface area (Å²) in [7, 11) is 0. The SMILES string of the molecule is N#C/C(=C\c1cc(Cl)ccc1Cc1ccccc1F)C(=O)Nc1ccc(OCc2ccccc2)cc1. The third kappa shape index (κ3) is 6.59. The molecule has 1 N–H and O–H groups in total. The summed E-state index contributed by atoms with van der Waals surface area (Å²) in [5.41, 5.74) is 3.29. The van der Waals surface area contributed by atoms with Crippen LogP contribution in [0.25, 0.3) is 6.08 Å². The third-order valence-corrected chi connectivity index (χ3v) is 5.71. The van der Waals surface area contributed by atoms with E-state index in [9.17, 15) is 14.4 Å². The molecular formula is C30H22ClFN2O2. The monoisotopic (exact) mass is 496 g/mol. The van der Waals surface area contributed by atoms with Crippen LogP contribution in [-0.4, -0.2) is 5.91 Å². The van der Waals surface area contributed by atoms with E-state index in [4.69, 9.17) is 16.3 Å². The van der Waals surface area contributed by atoms with E-state index in [1.165, 1.54) is 12.1 Å². The van der Waals surface area contributed by atoms with E-state index >= 15 is 0 Å². The molecule has 4 aromatic rings. The van der Waals surface area contributed by atoms with Crippen LogP contribution in [0.4, 0.5) is 10.1 Å². The number of amides is 1. The van der Waals surface area contributed by atoms with Crippen molar-refractivity contribution in [3.63, 3.8) is 0 Å². The number of anilines is 1. The summed E-state index contributed by atoms with van der Waals surface area (Å²) in [5, 5.41) is 12.8. The van der Waals surface area contributed by atoms with Gasteiger partial charge in [-0.3, -0.25) is 4.79 Å². The van der Waals surface area contributed by atoms with Crippen molar-refractivity contribution < 1.29 is 13.9 Å².